The van der Waals surface area contributed by atoms with Gasteiger partial charge in [0.2, 0.25) is 0 Å². The van der Waals surface area contributed by atoms with Crippen LogP contribution in [0.3, 0.4) is 0 Å². The molecule has 0 fully saturated rings. The molecule has 3 aromatic rings. The summed E-state index contributed by atoms with van der Waals surface area (Å²) in [7, 11) is 0. The lowest BCUT2D eigenvalue weighted by Gasteiger charge is -2.12. The Hall–Kier alpha value is -2.66. The van der Waals surface area contributed by atoms with Crippen LogP contribution in [0.4, 0.5) is 16.2 Å². The Labute approximate surface area is 145 Å². The normalized spacial score (nSPS) is 10.5. The predicted molar refractivity (Wildman–Crippen MR) is 101 cm³/mol. The highest BCUT2D eigenvalue weighted by molar-refractivity contribution is 7.09. The zero-order chi connectivity index (χ0) is 17.1. The largest absolute Gasteiger partial charge is 0.323 e. The Balaban J connectivity index is 1.74. The monoisotopic (exact) mass is 337 g/mol. The third-order valence-corrected chi connectivity index (χ3v) is 4.66. The first-order chi connectivity index (χ1) is 11.5. The second-order valence-corrected chi connectivity index (χ2v) is 6.72. The summed E-state index contributed by atoms with van der Waals surface area (Å²) in [6.07, 6.45) is 0. The topological polar surface area (TPSA) is 54.0 Å². The Kier molecular flexibility index (Phi) is 4.62. The molecule has 3 rings (SSSR count). The van der Waals surface area contributed by atoms with Gasteiger partial charge in [-0.1, -0.05) is 24.3 Å². The smallest absolute Gasteiger partial charge is 0.308 e. The van der Waals surface area contributed by atoms with Gasteiger partial charge in [-0.3, -0.25) is 0 Å². The van der Waals surface area contributed by atoms with E-state index in [4.69, 9.17) is 0 Å². The van der Waals surface area contributed by atoms with Crippen molar-refractivity contribution in [2.45, 2.75) is 20.8 Å². The Morgan fingerprint density at radius 2 is 1.83 bits per heavy atom. The molecule has 122 valence electrons. The standard InChI is InChI=1S/C19H19N3OS/c1-12-6-4-9-17(13(12)2)22-19(23)21-16-8-5-7-15(10-16)18-11-24-14(3)20-18/h4-11H,1-3H3,(H2,21,22,23). The third kappa shape index (κ3) is 3.63. The van der Waals surface area contributed by atoms with Gasteiger partial charge in [-0.25, -0.2) is 9.78 Å². The van der Waals surface area contributed by atoms with Crippen molar-refractivity contribution in [3.63, 3.8) is 0 Å². The molecule has 2 N–H and O–H groups in total. The molecule has 0 atom stereocenters. The molecule has 0 saturated carbocycles. The maximum Gasteiger partial charge on any atom is 0.323 e. The summed E-state index contributed by atoms with van der Waals surface area (Å²) in [5, 5.41) is 8.82. The molecular formula is C19H19N3OS. The Bertz CT molecular complexity index is 886. The van der Waals surface area contributed by atoms with Crippen molar-refractivity contribution < 1.29 is 4.79 Å². The number of thiazole rings is 1. The number of nitrogens with one attached hydrogen (secondary N) is 2. The molecule has 1 heterocycles. The number of amides is 2. The zero-order valence-electron chi connectivity index (χ0n) is 13.9. The molecule has 0 bridgehead atoms. The number of aryl methyl sites for hydroxylation is 2. The van der Waals surface area contributed by atoms with Gasteiger partial charge >= 0.3 is 6.03 Å². The molecular weight excluding hydrogens is 318 g/mol. The minimum absolute atomic E-state index is 0.254. The summed E-state index contributed by atoms with van der Waals surface area (Å²) in [5.41, 5.74) is 5.69. The maximum atomic E-state index is 12.3. The van der Waals surface area contributed by atoms with E-state index >= 15 is 0 Å². The lowest BCUT2D eigenvalue weighted by Crippen LogP contribution is -2.20. The summed E-state index contributed by atoms with van der Waals surface area (Å²) in [5.74, 6) is 0. The fraction of sp³-hybridized carbons (Fsp3) is 0.158. The van der Waals surface area contributed by atoms with Crippen molar-refractivity contribution in [3.05, 3.63) is 64.0 Å². The molecule has 1 aromatic heterocycles. The lowest BCUT2D eigenvalue weighted by molar-refractivity contribution is 0.262. The average molecular weight is 337 g/mol. The number of benzene rings is 2. The minimum atomic E-state index is -0.254. The van der Waals surface area contributed by atoms with Crippen LogP contribution in [-0.4, -0.2) is 11.0 Å². The highest BCUT2D eigenvalue weighted by atomic mass is 32.1. The molecule has 0 radical (unpaired) electrons. The fourth-order valence-corrected chi connectivity index (χ4v) is 3.05. The van der Waals surface area contributed by atoms with E-state index in [1.165, 1.54) is 0 Å². The molecule has 0 unspecified atom stereocenters. The average Bonchev–Trinajstić information content (AvgIpc) is 2.99. The highest BCUT2D eigenvalue weighted by Crippen LogP contribution is 2.24. The SMILES string of the molecule is Cc1nc(-c2cccc(NC(=O)Nc3cccc(C)c3C)c2)cs1. The predicted octanol–water partition coefficient (Wildman–Crippen LogP) is 5.38. The summed E-state index contributed by atoms with van der Waals surface area (Å²) in [6, 6.07) is 13.3. The summed E-state index contributed by atoms with van der Waals surface area (Å²) < 4.78 is 0. The van der Waals surface area contributed by atoms with Crippen LogP contribution in [0.5, 0.6) is 0 Å². The fourth-order valence-electron chi connectivity index (χ4n) is 2.42. The van der Waals surface area contributed by atoms with Crippen molar-refractivity contribution in [1.29, 1.82) is 0 Å². The van der Waals surface area contributed by atoms with Crippen molar-refractivity contribution in [2.24, 2.45) is 0 Å². The molecule has 0 spiro atoms. The highest BCUT2D eigenvalue weighted by Gasteiger charge is 2.08. The lowest BCUT2D eigenvalue weighted by atomic mass is 10.1. The number of hydrogen-bond donors (Lipinski definition) is 2. The van der Waals surface area contributed by atoms with Gasteiger partial charge in [-0.15, -0.1) is 11.3 Å². The molecule has 0 saturated heterocycles. The van der Waals surface area contributed by atoms with Gasteiger partial charge in [-0.2, -0.15) is 0 Å². The van der Waals surface area contributed by atoms with E-state index < -0.39 is 0 Å². The van der Waals surface area contributed by atoms with Crippen LogP contribution in [0, 0.1) is 20.8 Å². The van der Waals surface area contributed by atoms with E-state index in [-0.39, 0.29) is 6.03 Å². The number of nitrogens with zero attached hydrogens (tertiary/aromatic N) is 1. The molecule has 0 aliphatic heterocycles. The van der Waals surface area contributed by atoms with Crippen LogP contribution >= 0.6 is 11.3 Å². The van der Waals surface area contributed by atoms with Crippen LogP contribution < -0.4 is 10.6 Å². The first-order valence-electron chi connectivity index (χ1n) is 7.70. The van der Waals surface area contributed by atoms with Gasteiger partial charge in [0.05, 0.1) is 10.7 Å². The summed E-state index contributed by atoms with van der Waals surface area (Å²) in [6.45, 7) is 6.00. The number of aromatic nitrogens is 1. The molecule has 0 aliphatic rings. The van der Waals surface area contributed by atoms with Crippen molar-refractivity contribution in [1.82, 2.24) is 4.98 Å². The van der Waals surface area contributed by atoms with Gasteiger partial charge < -0.3 is 10.6 Å². The van der Waals surface area contributed by atoms with E-state index in [0.717, 1.165) is 38.8 Å². The van der Waals surface area contributed by atoms with Crippen LogP contribution in [0.1, 0.15) is 16.1 Å². The first-order valence-corrected chi connectivity index (χ1v) is 8.57. The van der Waals surface area contributed by atoms with E-state index in [2.05, 4.69) is 15.6 Å². The summed E-state index contributed by atoms with van der Waals surface area (Å²) in [4.78, 5) is 16.7. The quantitative estimate of drug-likeness (QED) is 0.674. The van der Waals surface area contributed by atoms with Crippen LogP contribution in [0.2, 0.25) is 0 Å². The van der Waals surface area contributed by atoms with E-state index in [0.29, 0.717) is 0 Å². The van der Waals surface area contributed by atoms with Gasteiger partial charge in [-0.05, 0) is 50.1 Å². The second-order valence-electron chi connectivity index (χ2n) is 5.66. The van der Waals surface area contributed by atoms with Crippen molar-refractivity contribution in [2.75, 3.05) is 10.6 Å². The van der Waals surface area contributed by atoms with Gasteiger partial charge in [0.25, 0.3) is 0 Å². The third-order valence-electron chi connectivity index (χ3n) is 3.89. The number of hydrogen-bond acceptors (Lipinski definition) is 3. The van der Waals surface area contributed by atoms with Gasteiger partial charge in [0.1, 0.15) is 0 Å². The van der Waals surface area contributed by atoms with E-state index in [1.54, 1.807) is 11.3 Å². The summed E-state index contributed by atoms with van der Waals surface area (Å²) >= 11 is 1.61. The van der Waals surface area contributed by atoms with E-state index in [1.807, 2.05) is 68.6 Å². The molecule has 2 aromatic carbocycles. The van der Waals surface area contributed by atoms with E-state index in [9.17, 15) is 4.79 Å². The Morgan fingerprint density at radius 1 is 1.04 bits per heavy atom. The molecule has 5 heteroatoms. The minimum Gasteiger partial charge on any atom is -0.308 e. The van der Waals surface area contributed by atoms with Crippen molar-refractivity contribution >= 4 is 28.7 Å². The second kappa shape index (κ2) is 6.84. The molecule has 2 amide bonds. The number of rotatable bonds is 3. The zero-order valence-corrected chi connectivity index (χ0v) is 14.7. The van der Waals surface area contributed by atoms with Crippen LogP contribution in [-0.2, 0) is 0 Å². The number of carbonyl (C=O) groups is 1. The molecule has 4 nitrogen and oxygen atoms in total. The van der Waals surface area contributed by atoms with Crippen LogP contribution in [0.15, 0.2) is 47.8 Å². The van der Waals surface area contributed by atoms with Gasteiger partial charge in [0.15, 0.2) is 0 Å². The Morgan fingerprint density at radius 3 is 2.58 bits per heavy atom. The number of carbonyl (C=O) groups excluding carboxylic acids is 1. The maximum absolute atomic E-state index is 12.3. The first kappa shape index (κ1) is 16.2. The van der Waals surface area contributed by atoms with Crippen LogP contribution in [0.25, 0.3) is 11.3 Å². The number of urea groups is 1. The molecule has 0 aliphatic carbocycles. The molecule has 24 heavy (non-hydrogen) atoms. The number of anilines is 2. The van der Waals surface area contributed by atoms with Gasteiger partial charge in [0, 0.05) is 22.3 Å². The van der Waals surface area contributed by atoms with Crippen molar-refractivity contribution in [3.8, 4) is 11.3 Å².